The van der Waals surface area contributed by atoms with Crippen molar-refractivity contribution in [3.63, 3.8) is 0 Å². The SMILES string of the molecule is CCCNC(CCC(F)(F)F)c1ccc(N(C)C)cc1. The van der Waals surface area contributed by atoms with Crippen LogP contribution >= 0.6 is 0 Å². The first kappa shape index (κ1) is 16.8. The minimum absolute atomic E-state index is 0.0742. The van der Waals surface area contributed by atoms with Crippen molar-refractivity contribution in [3.05, 3.63) is 29.8 Å². The number of benzene rings is 1. The Bertz CT molecular complexity index is 385. The van der Waals surface area contributed by atoms with Crippen LogP contribution < -0.4 is 10.2 Å². The Morgan fingerprint density at radius 2 is 1.75 bits per heavy atom. The summed E-state index contributed by atoms with van der Waals surface area (Å²) in [6.45, 7) is 2.72. The number of nitrogens with one attached hydrogen (secondary N) is 1. The molecule has 20 heavy (non-hydrogen) atoms. The average molecular weight is 288 g/mol. The van der Waals surface area contributed by atoms with Gasteiger partial charge in [-0.15, -0.1) is 0 Å². The fourth-order valence-corrected chi connectivity index (χ4v) is 2.02. The van der Waals surface area contributed by atoms with Crippen molar-refractivity contribution < 1.29 is 13.2 Å². The standard InChI is InChI=1S/C15H23F3N2/c1-4-11-19-14(9-10-15(16,17)18)12-5-7-13(8-6-12)20(2)3/h5-8,14,19H,4,9-11H2,1-3H3. The van der Waals surface area contributed by atoms with Crippen molar-refractivity contribution in [1.82, 2.24) is 5.32 Å². The highest BCUT2D eigenvalue weighted by atomic mass is 19.4. The molecule has 1 unspecified atom stereocenters. The zero-order chi connectivity index (χ0) is 15.2. The molecule has 1 rings (SSSR count). The topological polar surface area (TPSA) is 15.3 Å². The Morgan fingerprint density at radius 1 is 1.15 bits per heavy atom. The molecule has 0 saturated heterocycles. The van der Waals surface area contributed by atoms with E-state index in [-0.39, 0.29) is 12.5 Å². The number of anilines is 1. The maximum Gasteiger partial charge on any atom is 0.389 e. The van der Waals surface area contributed by atoms with E-state index in [0.717, 1.165) is 24.2 Å². The first-order valence-corrected chi connectivity index (χ1v) is 6.91. The van der Waals surface area contributed by atoms with Gasteiger partial charge < -0.3 is 10.2 Å². The molecule has 1 atom stereocenters. The van der Waals surface area contributed by atoms with E-state index in [1.165, 1.54) is 0 Å². The van der Waals surface area contributed by atoms with Crippen molar-refractivity contribution in [2.75, 3.05) is 25.5 Å². The van der Waals surface area contributed by atoms with Crippen LogP contribution in [0.1, 0.15) is 37.8 Å². The number of hydrogen-bond donors (Lipinski definition) is 1. The molecule has 0 amide bonds. The summed E-state index contributed by atoms with van der Waals surface area (Å²) in [6.07, 6.45) is -3.89. The van der Waals surface area contributed by atoms with E-state index in [1.54, 1.807) is 0 Å². The highest BCUT2D eigenvalue weighted by Gasteiger charge is 2.28. The molecule has 0 heterocycles. The Morgan fingerprint density at radius 3 is 2.20 bits per heavy atom. The first-order valence-electron chi connectivity index (χ1n) is 6.91. The third-order valence-electron chi connectivity index (χ3n) is 3.17. The van der Waals surface area contributed by atoms with Crippen LogP contribution in [0.3, 0.4) is 0 Å². The molecule has 0 radical (unpaired) electrons. The normalized spacial score (nSPS) is 13.3. The molecule has 0 fully saturated rings. The molecule has 0 aromatic heterocycles. The van der Waals surface area contributed by atoms with E-state index >= 15 is 0 Å². The highest BCUT2D eigenvalue weighted by molar-refractivity contribution is 5.46. The van der Waals surface area contributed by atoms with Gasteiger partial charge in [0, 0.05) is 32.2 Å². The lowest BCUT2D eigenvalue weighted by molar-refractivity contribution is -0.136. The Hall–Kier alpha value is -1.23. The summed E-state index contributed by atoms with van der Waals surface area (Å²) in [4.78, 5) is 1.97. The lowest BCUT2D eigenvalue weighted by Crippen LogP contribution is -2.24. The largest absolute Gasteiger partial charge is 0.389 e. The predicted molar refractivity (Wildman–Crippen MR) is 77.1 cm³/mol. The van der Waals surface area contributed by atoms with Gasteiger partial charge in [0.1, 0.15) is 0 Å². The Kier molecular flexibility index (Phi) is 6.33. The van der Waals surface area contributed by atoms with E-state index in [0.29, 0.717) is 0 Å². The van der Waals surface area contributed by atoms with Gasteiger partial charge in [-0.2, -0.15) is 13.2 Å². The van der Waals surface area contributed by atoms with Crippen LogP contribution in [0, 0.1) is 0 Å². The molecule has 0 aliphatic rings. The molecule has 1 aromatic carbocycles. The second kappa shape index (κ2) is 7.53. The van der Waals surface area contributed by atoms with Gasteiger partial charge in [0.25, 0.3) is 0 Å². The van der Waals surface area contributed by atoms with Crippen LogP contribution in [0.4, 0.5) is 18.9 Å². The molecule has 0 saturated carbocycles. The molecule has 0 aliphatic carbocycles. The van der Waals surface area contributed by atoms with Crippen molar-refractivity contribution in [3.8, 4) is 0 Å². The fourth-order valence-electron chi connectivity index (χ4n) is 2.02. The summed E-state index contributed by atoms with van der Waals surface area (Å²) < 4.78 is 37.2. The molecule has 114 valence electrons. The van der Waals surface area contributed by atoms with Crippen LogP contribution in [0.15, 0.2) is 24.3 Å². The third-order valence-corrected chi connectivity index (χ3v) is 3.17. The molecule has 0 spiro atoms. The molecule has 1 N–H and O–H groups in total. The van der Waals surface area contributed by atoms with Crippen molar-refractivity contribution >= 4 is 5.69 Å². The van der Waals surface area contributed by atoms with Gasteiger partial charge in [-0.1, -0.05) is 19.1 Å². The summed E-state index contributed by atoms with van der Waals surface area (Å²) in [6, 6.07) is 7.43. The zero-order valence-electron chi connectivity index (χ0n) is 12.3. The summed E-state index contributed by atoms with van der Waals surface area (Å²) in [5.74, 6) is 0. The summed E-state index contributed by atoms with van der Waals surface area (Å²) in [5.41, 5.74) is 1.95. The van der Waals surface area contributed by atoms with Crippen molar-refractivity contribution in [1.29, 1.82) is 0 Å². The van der Waals surface area contributed by atoms with Gasteiger partial charge in [-0.25, -0.2) is 0 Å². The van der Waals surface area contributed by atoms with Crippen LogP contribution in [0.2, 0.25) is 0 Å². The van der Waals surface area contributed by atoms with Gasteiger partial charge in [-0.05, 0) is 37.1 Å². The molecule has 2 nitrogen and oxygen atoms in total. The number of alkyl halides is 3. The van der Waals surface area contributed by atoms with E-state index < -0.39 is 12.6 Å². The van der Waals surface area contributed by atoms with Crippen molar-refractivity contribution in [2.24, 2.45) is 0 Å². The van der Waals surface area contributed by atoms with Crippen LogP contribution in [-0.2, 0) is 0 Å². The first-order chi connectivity index (χ1) is 9.33. The quantitative estimate of drug-likeness (QED) is 0.811. The maximum absolute atomic E-state index is 12.4. The number of halogens is 3. The van der Waals surface area contributed by atoms with E-state index in [4.69, 9.17) is 0 Å². The summed E-state index contributed by atoms with van der Waals surface area (Å²) in [7, 11) is 3.87. The monoisotopic (exact) mass is 288 g/mol. The molecular formula is C15H23F3N2. The van der Waals surface area contributed by atoms with Gasteiger partial charge >= 0.3 is 6.18 Å². The minimum atomic E-state index is -4.10. The second-order valence-electron chi connectivity index (χ2n) is 5.15. The number of nitrogens with zero attached hydrogens (tertiary/aromatic N) is 1. The molecule has 0 aliphatic heterocycles. The fraction of sp³-hybridized carbons (Fsp3) is 0.600. The second-order valence-corrected chi connectivity index (χ2v) is 5.15. The number of hydrogen-bond acceptors (Lipinski definition) is 2. The van der Waals surface area contributed by atoms with Crippen molar-refractivity contribution in [2.45, 2.75) is 38.4 Å². The lowest BCUT2D eigenvalue weighted by Gasteiger charge is -2.21. The van der Waals surface area contributed by atoms with E-state index in [2.05, 4.69) is 5.32 Å². The smallest absolute Gasteiger partial charge is 0.378 e. The van der Waals surface area contributed by atoms with E-state index in [1.807, 2.05) is 50.2 Å². The van der Waals surface area contributed by atoms with E-state index in [9.17, 15) is 13.2 Å². The predicted octanol–water partition coefficient (Wildman–Crippen LogP) is 4.14. The Balaban J connectivity index is 2.75. The molecule has 1 aromatic rings. The number of rotatable bonds is 7. The minimum Gasteiger partial charge on any atom is -0.378 e. The Labute approximate surface area is 119 Å². The van der Waals surface area contributed by atoms with Gasteiger partial charge in [-0.3, -0.25) is 0 Å². The lowest BCUT2D eigenvalue weighted by atomic mass is 10.0. The summed E-state index contributed by atoms with van der Waals surface area (Å²) >= 11 is 0. The average Bonchev–Trinajstić information content (AvgIpc) is 2.38. The van der Waals surface area contributed by atoms with Gasteiger partial charge in [0.05, 0.1) is 0 Å². The van der Waals surface area contributed by atoms with Gasteiger partial charge in [0.2, 0.25) is 0 Å². The molecular weight excluding hydrogens is 265 g/mol. The highest BCUT2D eigenvalue weighted by Crippen LogP contribution is 2.28. The third kappa shape index (κ3) is 5.82. The summed E-state index contributed by atoms with van der Waals surface area (Å²) in [5, 5.41) is 3.19. The zero-order valence-corrected chi connectivity index (χ0v) is 12.3. The van der Waals surface area contributed by atoms with Crippen LogP contribution in [0.25, 0.3) is 0 Å². The van der Waals surface area contributed by atoms with Gasteiger partial charge in [0.15, 0.2) is 0 Å². The molecule has 0 bridgehead atoms. The molecule has 5 heteroatoms. The van der Waals surface area contributed by atoms with Crippen LogP contribution in [0.5, 0.6) is 0 Å². The maximum atomic E-state index is 12.4. The van der Waals surface area contributed by atoms with Crippen LogP contribution in [-0.4, -0.2) is 26.8 Å².